The Morgan fingerprint density at radius 1 is 1.21 bits per heavy atom. The van der Waals surface area contributed by atoms with E-state index in [-0.39, 0.29) is 13.0 Å². The van der Waals surface area contributed by atoms with E-state index in [4.69, 9.17) is 4.74 Å². The van der Waals surface area contributed by atoms with E-state index in [1.165, 1.54) is 38.4 Å². The fourth-order valence-electron chi connectivity index (χ4n) is 5.69. The summed E-state index contributed by atoms with van der Waals surface area (Å²) in [7, 11) is 1.26. The number of esters is 2. The molecule has 0 bridgehead atoms. The van der Waals surface area contributed by atoms with E-state index in [0.717, 1.165) is 18.8 Å². The number of carbonyl (C=O) groups is 2. The predicted octanol–water partition coefficient (Wildman–Crippen LogP) is 5.62. The van der Waals surface area contributed by atoms with Crippen molar-refractivity contribution in [1.82, 2.24) is 0 Å². The minimum absolute atomic E-state index is 0.216. The standard InChI is InChI=1S/C24H38O4/c1-17(12-15-28-22(26)16-21(25)27-6)8-10-19-18(2)9-11-20-23(3,4)13-7-14-24(19,20)5/h9,12,19-20H,7-8,10-11,13-16H2,1-6H3. The summed E-state index contributed by atoms with van der Waals surface area (Å²) in [6.07, 6.45) is 11.5. The number of rotatable bonds is 7. The van der Waals surface area contributed by atoms with E-state index in [2.05, 4.69) is 45.4 Å². The van der Waals surface area contributed by atoms with Gasteiger partial charge in [0.25, 0.3) is 0 Å². The lowest BCUT2D eigenvalue weighted by molar-refractivity contribution is -0.152. The van der Waals surface area contributed by atoms with Crippen LogP contribution < -0.4 is 0 Å². The number of hydrogen-bond donors (Lipinski definition) is 0. The molecule has 0 heterocycles. The molecule has 158 valence electrons. The average molecular weight is 391 g/mol. The van der Waals surface area contributed by atoms with Crippen LogP contribution in [0.4, 0.5) is 0 Å². The summed E-state index contributed by atoms with van der Waals surface area (Å²) in [5.74, 6) is 0.271. The number of methoxy groups -OCH3 is 1. The van der Waals surface area contributed by atoms with Gasteiger partial charge in [0, 0.05) is 0 Å². The van der Waals surface area contributed by atoms with E-state index < -0.39 is 11.9 Å². The first-order chi connectivity index (χ1) is 13.1. The summed E-state index contributed by atoms with van der Waals surface area (Å²) in [5.41, 5.74) is 3.59. The normalized spacial score (nSPS) is 29.5. The van der Waals surface area contributed by atoms with Crippen LogP contribution in [0.15, 0.2) is 23.3 Å². The summed E-state index contributed by atoms with van der Waals surface area (Å²) in [6.45, 7) is 12.0. The molecule has 4 nitrogen and oxygen atoms in total. The van der Waals surface area contributed by atoms with Gasteiger partial charge in [-0.3, -0.25) is 9.59 Å². The lowest BCUT2D eigenvalue weighted by atomic mass is 9.48. The molecule has 0 amide bonds. The van der Waals surface area contributed by atoms with Gasteiger partial charge in [0.2, 0.25) is 0 Å². The number of fused-ring (bicyclic) bond motifs is 1. The quantitative estimate of drug-likeness (QED) is 0.322. The van der Waals surface area contributed by atoms with Gasteiger partial charge in [-0.2, -0.15) is 0 Å². The molecule has 2 rings (SSSR count). The molecule has 3 unspecified atom stereocenters. The Bertz CT molecular complexity index is 643. The highest BCUT2D eigenvalue weighted by molar-refractivity contribution is 5.91. The van der Waals surface area contributed by atoms with Gasteiger partial charge < -0.3 is 9.47 Å². The average Bonchev–Trinajstić information content (AvgIpc) is 2.60. The molecule has 28 heavy (non-hydrogen) atoms. The number of carbonyl (C=O) groups excluding carboxylic acids is 2. The van der Waals surface area contributed by atoms with Crippen LogP contribution in [0.3, 0.4) is 0 Å². The van der Waals surface area contributed by atoms with Gasteiger partial charge in [-0.1, -0.05) is 44.4 Å². The van der Waals surface area contributed by atoms with Crippen LogP contribution in [0, 0.1) is 22.7 Å². The topological polar surface area (TPSA) is 52.6 Å². The van der Waals surface area contributed by atoms with Gasteiger partial charge >= 0.3 is 11.9 Å². The number of ether oxygens (including phenoxy) is 2. The van der Waals surface area contributed by atoms with Gasteiger partial charge in [0.1, 0.15) is 13.0 Å². The zero-order valence-electron chi connectivity index (χ0n) is 18.6. The zero-order valence-corrected chi connectivity index (χ0v) is 18.6. The second-order valence-corrected chi connectivity index (χ2v) is 9.66. The minimum atomic E-state index is -0.566. The maximum atomic E-state index is 11.5. The summed E-state index contributed by atoms with van der Waals surface area (Å²) in [4.78, 5) is 22.6. The third-order valence-electron chi connectivity index (χ3n) is 7.32. The SMILES string of the molecule is COC(=O)CC(=O)OCC=C(C)CCC1C(C)=CCC2C(C)(C)CCCC12C. The van der Waals surface area contributed by atoms with Crippen LogP contribution in [0.5, 0.6) is 0 Å². The molecule has 0 aromatic carbocycles. The lowest BCUT2D eigenvalue weighted by Crippen LogP contribution is -2.48. The van der Waals surface area contributed by atoms with Gasteiger partial charge in [-0.15, -0.1) is 0 Å². The third kappa shape index (κ3) is 5.27. The fraction of sp³-hybridized carbons (Fsp3) is 0.750. The highest BCUT2D eigenvalue weighted by atomic mass is 16.5. The van der Waals surface area contributed by atoms with Gasteiger partial charge in [0.15, 0.2) is 0 Å². The molecule has 2 aliphatic rings. The minimum Gasteiger partial charge on any atom is -0.469 e. The van der Waals surface area contributed by atoms with Crippen molar-refractivity contribution < 1.29 is 19.1 Å². The Morgan fingerprint density at radius 3 is 2.61 bits per heavy atom. The molecule has 4 heteroatoms. The third-order valence-corrected chi connectivity index (χ3v) is 7.32. The van der Waals surface area contributed by atoms with E-state index in [1.54, 1.807) is 5.57 Å². The van der Waals surface area contributed by atoms with Crippen molar-refractivity contribution >= 4 is 11.9 Å². The molecule has 3 atom stereocenters. The summed E-state index contributed by atoms with van der Waals surface area (Å²) < 4.78 is 9.57. The van der Waals surface area contributed by atoms with Crippen LogP contribution in [0.2, 0.25) is 0 Å². The van der Waals surface area contributed by atoms with E-state index in [9.17, 15) is 9.59 Å². The van der Waals surface area contributed by atoms with Crippen LogP contribution in [0.1, 0.15) is 79.6 Å². The Kier molecular flexibility index (Phi) is 7.52. The first-order valence-electron chi connectivity index (χ1n) is 10.6. The van der Waals surface area contributed by atoms with E-state index >= 15 is 0 Å². The van der Waals surface area contributed by atoms with Crippen molar-refractivity contribution in [3.05, 3.63) is 23.3 Å². The predicted molar refractivity (Wildman–Crippen MR) is 112 cm³/mol. The first-order valence-corrected chi connectivity index (χ1v) is 10.6. The highest BCUT2D eigenvalue weighted by Gasteiger charge is 2.51. The van der Waals surface area contributed by atoms with Gasteiger partial charge in [-0.25, -0.2) is 0 Å². The fourth-order valence-corrected chi connectivity index (χ4v) is 5.69. The molecule has 0 spiro atoms. The lowest BCUT2D eigenvalue weighted by Gasteiger charge is -2.57. The van der Waals surface area contributed by atoms with Crippen molar-refractivity contribution in [2.75, 3.05) is 13.7 Å². The van der Waals surface area contributed by atoms with Crippen LogP contribution >= 0.6 is 0 Å². The molecule has 0 aromatic heterocycles. The smallest absolute Gasteiger partial charge is 0.317 e. The zero-order chi connectivity index (χ0) is 20.9. The maximum absolute atomic E-state index is 11.5. The maximum Gasteiger partial charge on any atom is 0.317 e. The first kappa shape index (κ1) is 22.7. The molecule has 1 saturated carbocycles. The molecule has 0 radical (unpaired) electrons. The van der Waals surface area contributed by atoms with Gasteiger partial charge in [0.05, 0.1) is 7.11 Å². The van der Waals surface area contributed by atoms with Crippen molar-refractivity contribution in [2.24, 2.45) is 22.7 Å². The van der Waals surface area contributed by atoms with Crippen molar-refractivity contribution in [2.45, 2.75) is 79.6 Å². The summed E-state index contributed by atoms with van der Waals surface area (Å²) in [6, 6.07) is 0. The van der Waals surface area contributed by atoms with Crippen molar-refractivity contribution in [3.63, 3.8) is 0 Å². The van der Waals surface area contributed by atoms with E-state index in [0.29, 0.717) is 16.7 Å². The molecular formula is C24H38O4. The van der Waals surface area contributed by atoms with Crippen LogP contribution in [-0.4, -0.2) is 25.7 Å². The highest BCUT2D eigenvalue weighted by Crippen LogP contribution is 2.60. The Morgan fingerprint density at radius 2 is 1.93 bits per heavy atom. The molecule has 1 fully saturated rings. The van der Waals surface area contributed by atoms with E-state index in [1.807, 2.05) is 6.08 Å². The molecule has 2 aliphatic carbocycles. The molecule has 0 aromatic rings. The number of allylic oxidation sites excluding steroid dienone is 3. The van der Waals surface area contributed by atoms with Crippen molar-refractivity contribution in [1.29, 1.82) is 0 Å². The number of hydrogen-bond acceptors (Lipinski definition) is 4. The van der Waals surface area contributed by atoms with Crippen molar-refractivity contribution in [3.8, 4) is 0 Å². The second-order valence-electron chi connectivity index (χ2n) is 9.66. The summed E-state index contributed by atoms with van der Waals surface area (Å²) in [5, 5.41) is 0. The molecule has 0 N–H and O–H groups in total. The monoisotopic (exact) mass is 390 g/mol. The van der Waals surface area contributed by atoms with Crippen LogP contribution in [0.25, 0.3) is 0 Å². The Hall–Kier alpha value is -1.58. The van der Waals surface area contributed by atoms with Crippen LogP contribution in [-0.2, 0) is 19.1 Å². The van der Waals surface area contributed by atoms with Gasteiger partial charge in [-0.05, 0) is 74.7 Å². The molecular weight excluding hydrogens is 352 g/mol. The summed E-state index contributed by atoms with van der Waals surface area (Å²) >= 11 is 0. The molecule has 0 saturated heterocycles. The largest absolute Gasteiger partial charge is 0.469 e. The Labute approximate surface area is 170 Å². The second kappa shape index (κ2) is 9.28. The molecule has 0 aliphatic heterocycles. The Balaban J connectivity index is 1.93.